The van der Waals surface area contributed by atoms with E-state index in [1.165, 1.54) is 6.08 Å². The molecule has 0 atom stereocenters. The van der Waals surface area contributed by atoms with Crippen LogP contribution in [0.3, 0.4) is 0 Å². The number of hydrogen-bond donors (Lipinski definition) is 1. The number of nitrogens with one attached hydrogen (secondary N) is 1. The van der Waals surface area contributed by atoms with Crippen LogP contribution in [0.25, 0.3) is 6.08 Å². The largest absolute Gasteiger partial charge is 0.497 e. The van der Waals surface area contributed by atoms with Gasteiger partial charge in [-0.3, -0.25) is 4.79 Å². The quantitative estimate of drug-likeness (QED) is 0.861. The second-order valence-corrected chi connectivity index (χ2v) is 4.91. The molecule has 108 valence electrons. The zero-order valence-corrected chi connectivity index (χ0v) is 12.5. The first-order chi connectivity index (χ1) is 10.1. The molecule has 0 radical (unpaired) electrons. The van der Waals surface area contributed by atoms with Gasteiger partial charge in [0.2, 0.25) is 5.91 Å². The predicted molar refractivity (Wildman–Crippen MR) is 86.6 cm³/mol. The van der Waals surface area contributed by atoms with E-state index >= 15 is 0 Å². The minimum Gasteiger partial charge on any atom is -0.497 e. The van der Waals surface area contributed by atoms with Crippen molar-refractivity contribution in [2.24, 2.45) is 0 Å². The Kier molecular flexibility index (Phi) is 4.77. The van der Waals surface area contributed by atoms with Crippen LogP contribution in [0, 0.1) is 13.8 Å². The van der Waals surface area contributed by atoms with Crippen LogP contribution in [0.15, 0.2) is 48.5 Å². The van der Waals surface area contributed by atoms with Crippen molar-refractivity contribution >= 4 is 17.7 Å². The molecule has 2 aromatic carbocycles. The Morgan fingerprint density at radius 2 is 1.81 bits per heavy atom. The molecule has 0 fully saturated rings. The molecule has 0 heterocycles. The molecule has 0 bridgehead atoms. The normalized spacial score (nSPS) is 10.6. The number of anilines is 1. The Morgan fingerprint density at radius 1 is 1.10 bits per heavy atom. The number of amides is 1. The molecule has 0 aliphatic carbocycles. The van der Waals surface area contributed by atoms with E-state index in [1.54, 1.807) is 13.2 Å². The van der Waals surface area contributed by atoms with Crippen LogP contribution in [-0.4, -0.2) is 13.0 Å². The van der Waals surface area contributed by atoms with Crippen molar-refractivity contribution in [2.45, 2.75) is 13.8 Å². The lowest BCUT2D eigenvalue weighted by Gasteiger charge is -2.07. The van der Waals surface area contributed by atoms with Crippen molar-refractivity contribution in [3.63, 3.8) is 0 Å². The summed E-state index contributed by atoms with van der Waals surface area (Å²) in [6.45, 7) is 3.98. The maximum absolute atomic E-state index is 11.9. The molecule has 0 aromatic heterocycles. The average Bonchev–Trinajstić information content (AvgIpc) is 2.49. The van der Waals surface area contributed by atoms with E-state index in [1.807, 2.05) is 56.3 Å². The molecule has 21 heavy (non-hydrogen) atoms. The highest BCUT2D eigenvalue weighted by Gasteiger charge is 2.01. The van der Waals surface area contributed by atoms with E-state index in [-0.39, 0.29) is 5.91 Å². The van der Waals surface area contributed by atoms with Gasteiger partial charge in [-0.25, -0.2) is 0 Å². The Hall–Kier alpha value is -2.55. The van der Waals surface area contributed by atoms with Crippen LogP contribution in [0.1, 0.15) is 16.7 Å². The number of carbonyl (C=O) groups excluding carboxylic acids is 1. The zero-order valence-electron chi connectivity index (χ0n) is 12.5. The van der Waals surface area contributed by atoms with Crippen molar-refractivity contribution in [1.82, 2.24) is 0 Å². The second kappa shape index (κ2) is 6.75. The highest BCUT2D eigenvalue weighted by molar-refractivity contribution is 6.02. The fourth-order valence-corrected chi connectivity index (χ4v) is 1.93. The van der Waals surface area contributed by atoms with Crippen molar-refractivity contribution in [2.75, 3.05) is 12.4 Å². The first-order valence-corrected chi connectivity index (χ1v) is 6.79. The number of methoxy groups -OCH3 is 1. The fourth-order valence-electron chi connectivity index (χ4n) is 1.93. The molecule has 0 spiro atoms. The van der Waals surface area contributed by atoms with E-state index in [2.05, 4.69) is 5.32 Å². The summed E-state index contributed by atoms with van der Waals surface area (Å²) in [6, 6.07) is 13.5. The van der Waals surface area contributed by atoms with E-state index in [0.29, 0.717) is 0 Å². The molecular formula is C18H19NO2. The summed E-state index contributed by atoms with van der Waals surface area (Å²) in [5.74, 6) is 0.659. The molecule has 0 saturated heterocycles. The van der Waals surface area contributed by atoms with E-state index < -0.39 is 0 Å². The van der Waals surface area contributed by atoms with Crippen molar-refractivity contribution < 1.29 is 9.53 Å². The van der Waals surface area contributed by atoms with Gasteiger partial charge in [-0.2, -0.15) is 0 Å². The number of carbonyl (C=O) groups is 1. The summed E-state index contributed by atoms with van der Waals surface area (Å²) in [4.78, 5) is 11.9. The number of aryl methyl sites for hydroxylation is 2. The van der Waals surface area contributed by atoms with E-state index in [0.717, 1.165) is 28.1 Å². The number of rotatable bonds is 4. The first-order valence-electron chi connectivity index (χ1n) is 6.79. The smallest absolute Gasteiger partial charge is 0.248 e. The summed E-state index contributed by atoms with van der Waals surface area (Å²) < 4.78 is 5.09. The summed E-state index contributed by atoms with van der Waals surface area (Å²) in [5.41, 5.74) is 3.97. The van der Waals surface area contributed by atoms with E-state index in [9.17, 15) is 4.79 Å². The molecule has 3 nitrogen and oxygen atoms in total. The lowest BCUT2D eigenvalue weighted by atomic mass is 10.1. The Morgan fingerprint density at radius 3 is 2.48 bits per heavy atom. The van der Waals surface area contributed by atoms with Gasteiger partial charge in [-0.05, 0) is 54.8 Å². The van der Waals surface area contributed by atoms with E-state index in [4.69, 9.17) is 4.74 Å². The van der Waals surface area contributed by atoms with Crippen LogP contribution >= 0.6 is 0 Å². The van der Waals surface area contributed by atoms with Crippen LogP contribution in [0.4, 0.5) is 5.69 Å². The summed E-state index contributed by atoms with van der Waals surface area (Å²) >= 11 is 0. The molecule has 2 aromatic rings. The molecule has 1 N–H and O–H groups in total. The van der Waals surface area contributed by atoms with Gasteiger partial charge in [-0.15, -0.1) is 0 Å². The van der Waals surface area contributed by atoms with Crippen LogP contribution in [-0.2, 0) is 4.79 Å². The van der Waals surface area contributed by atoms with Gasteiger partial charge in [0.15, 0.2) is 0 Å². The van der Waals surface area contributed by atoms with Gasteiger partial charge < -0.3 is 10.1 Å². The van der Waals surface area contributed by atoms with Gasteiger partial charge in [0.25, 0.3) is 0 Å². The number of ether oxygens (including phenoxy) is 1. The van der Waals surface area contributed by atoms with Gasteiger partial charge in [0, 0.05) is 11.8 Å². The topological polar surface area (TPSA) is 38.3 Å². The monoisotopic (exact) mass is 281 g/mol. The molecule has 2 rings (SSSR count). The lowest BCUT2D eigenvalue weighted by Crippen LogP contribution is -2.09. The second-order valence-electron chi connectivity index (χ2n) is 4.91. The van der Waals surface area contributed by atoms with Crippen molar-refractivity contribution in [1.29, 1.82) is 0 Å². The van der Waals surface area contributed by atoms with Crippen LogP contribution in [0.5, 0.6) is 5.75 Å². The third kappa shape index (κ3) is 4.21. The van der Waals surface area contributed by atoms with Crippen LogP contribution < -0.4 is 10.1 Å². The first kappa shape index (κ1) is 14.9. The highest BCUT2D eigenvalue weighted by Crippen LogP contribution is 2.16. The predicted octanol–water partition coefficient (Wildman–Crippen LogP) is 3.96. The molecule has 0 saturated carbocycles. The zero-order chi connectivity index (χ0) is 15.2. The van der Waals surface area contributed by atoms with Gasteiger partial charge >= 0.3 is 0 Å². The molecule has 0 aliphatic rings. The Labute approximate surface area is 125 Å². The number of benzene rings is 2. The molecule has 3 heteroatoms. The fraction of sp³-hybridized carbons (Fsp3) is 0.167. The minimum atomic E-state index is -0.139. The third-order valence-corrected chi connectivity index (χ3v) is 3.19. The lowest BCUT2D eigenvalue weighted by molar-refractivity contribution is -0.111. The molecule has 1 amide bonds. The third-order valence-electron chi connectivity index (χ3n) is 3.19. The van der Waals surface area contributed by atoms with Gasteiger partial charge in [0.05, 0.1) is 7.11 Å². The highest BCUT2D eigenvalue weighted by atomic mass is 16.5. The SMILES string of the molecule is COc1ccc(/C=C\C(=O)Nc2cc(C)ccc2C)cc1. The summed E-state index contributed by atoms with van der Waals surface area (Å²) in [6.07, 6.45) is 3.31. The molecular weight excluding hydrogens is 262 g/mol. The van der Waals surface area contributed by atoms with Gasteiger partial charge in [-0.1, -0.05) is 24.3 Å². The maximum Gasteiger partial charge on any atom is 0.248 e. The van der Waals surface area contributed by atoms with Crippen LogP contribution in [0.2, 0.25) is 0 Å². The number of hydrogen-bond acceptors (Lipinski definition) is 2. The standard InChI is InChI=1S/C18H19NO2/c1-13-4-5-14(2)17(12-13)19-18(20)11-8-15-6-9-16(21-3)10-7-15/h4-12H,1-3H3,(H,19,20)/b11-8-. The van der Waals surface area contributed by atoms with Crippen molar-refractivity contribution in [3.8, 4) is 5.75 Å². The minimum absolute atomic E-state index is 0.139. The maximum atomic E-state index is 11.9. The van der Waals surface area contributed by atoms with Crippen molar-refractivity contribution in [3.05, 3.63) is 65.2 Å². The summed E-state index contributed by atoms with van der Waals surface area (Å²) in [7, 11) is 1.63. The molecule has 0 unspecified atom stereocenters. The Balaban J connectivity index is 2.03. The average molecular weight is 281 g/mol. The summed E-state index contributed by atoms with van der Waals surface area (Å²) in [5, 5.41) is 2.89. The van der Waals surface area contributed by atoms with Gasteiger partial charge in [0.1, 0.15) is 5.75 Å². The molecule has 0 aliphatic heterocycles. The Bertz CT molecular complexity index is 657.